The van der Waals surface area contributed by atoms with E-state index < -0.39 is 0 Å². The minimum Gasteiger partial charge on any atom is -0.493 e. The number of hydrogen-bond acceptors (Lipinski definition) is 1. The second kappa shape index (κ2) is 6.53. The minimum absolute atomic E-state index is 0.759. The summed E-state index contributed by atoms with van der Waals surface area (Å²) in [5, 5.41) is 0. The van der Waals surface area contributed by atoms with Gasteiger partial charge in [-0.1, -0.05) is 25.2 Å². The maximum absolute atomic E-state index is 5.52. The molecule has 0 unspecified atom stereocenters. The van der Waals surface area contributed by atoms with Crippen LogP contribution in [-0.4, -0.2) is 6.61 Å². The Kier molecular flexibility index (Phi) is 6.03. The van der Waals surface area contributed by atoms with Gasteiger partial charge >= 0.3 is 0 Å². The molecule has 13 heavy (non-hydrogen) atoms. The molecule has 0 aromatic heterocycles. The van der Waals surface area contributed by atoms with Crippen LogP contribution in [0.2, 0.25) is 0 Å². The second-order valence-corrected chi connectivity index (χ2v) is 3.40. The van der Waals surface area contributed by atoms with Gasteiger partial charge in [0.05, 0.1) is 6.61 Å². The molecule has 0 fully saturated rings. The van der Waals surface area contributed by atoms with Gasteiger partial charge in [-0.3, -0.25) is 0 Å². The van der Waals surface area contributed by atoms with Crippen LogP contribution in [0.15, 0.2) is 35.6 Å². The molecule has 0 amide bonds. The van der Waals surface area contributed by atoms with Crippen LogP contribution in [0.3, 0.4) is 0 Å². The lowest BCUT2D eigenvalue weighted by Crippen LogP contribution is -1.94. The van der Waals surface area contributed by atoms with Crippen LogP contribution in [0.25, 0.3) is 0 Å². The number of ether oxygens (including phenoxy) is 1. The Morgan fingerprint density at radius 2 is 1.85 bits per heavy atom. The van der Waals surface area contributed by atoms with Crippen molar-refractivity contribution in [3.63, 3.8) is 0 Å². The first-order valence-electron chi connectivity index (χ1n) is 4.71. The third-order valence-electron chi connectivity index (χ3n) is 1.45. The van der Waals surface area contributed by atoms with Crippen LogP contribution >= 0.6 is 0 Å². The molecule has 0 bridgehead atoms. The Morgan fingerprint density at radius 1 is 1.23 bits per heavy atom. The fourth-order valence-corrected chi connectivity index (χ4v) is 0.768. The van der Waals surface area contributed by atoms with Crippen LogP contribution in [-0.2, 0) is 4.74 Å². The van der Waals surface area contributed by atoms with Crippen LogP contribution in [0.1, 0.15) is 34.1 Å². The van der Waals surface area contributed by atoms with Gasteiger partial charge in [-0.05, 0) is 38.8 Å². The van der Waals surface area contributed by atoms with E-state index in [9.17, 15) is 0 Å². The van der Waals surface area contributed by atoms with E-state index in [0.29, 0.717) is 0 Å². The van der Waals surface area contributed by atoms with Crippen molar-refractivity contribution < 1.29 is 4.74 Å². The van der Waals surface area contributed by atoms with E-state index in [1.54, 1.807) is 0 Å². The van der Waals surface area contributed by atoms with E-state index in [1.165, 1.54) is 5.57 Å². The van der Waals surface area contributed by atoms with E-state index >= 15 is 0 Å². The molecule has 1 nitrogen and oxygen atoms in total. The number of allylic oxidation sites excluding steroid dienone is 4. The molecule has 74 valence electrons. The van der Waals surface area contributed by atoms with Gasteiger partial charge in [0.2, 0.25) is 0 Å². The molecule has 0 atom stereocenters. The first-order valence-corrected chi connectivity index (χ1v) is 4.71. The highest BCUT2D eigenvalue weighted by Gasteiger charge is 1.96. The highest BCUT2D eigenvalue weighted by molar-refractivity contribution is 5.25. The molecular weight excluding hydrogens is 160 g/mol. The van der Waals surface area contributed by atoms with Gasteiger partial charge < -0.3 is 4.74 Å². The van der Waals surface area contributed by atoms with Crippen molar-refractivity contribution in [1.29, 1.82) is 0 Å². The summed E-state index contributed by atoms with van der Waals surface area (Å²) in [6.07, 6.45) is 5.05. The van der Waals surface area contributed by atoms with Crippen molar-refractivity contribution in [2.45, 2.75) is 34.1 Å². The quantitative estimate of drug-likeness (QED) is 0.461. The lowest BCUT2D eigenvalue weighted by molar-refractivity contribution is 0.220. The van der Waals surface area contributed by atoms with Gasteiger partial charge in [0.25, 0.3) is 0 Å². The van der Waals surface area contributed by atoms with Crippen molar-refractivity contribution in [2.24, 2.45) is 0 Å². The van der Waals surface area contributed by atoms with Gasteiger partial charge in [-0.25, -0.2) is 0 Å². The predicted molar refractivity (Wildman–Crippen MR) is 58.6 cm³/mol. The van der Waals surface area contributed by atoms with Crippen molar-refractivity contribution >= 4 is 0 Å². The van der Waals surface area contributed by atoms with Gasteiger partial charge in [-0.15, -0.1) is 0 Å². The SMILES string of the molecule is C=C(C)/C(=C\C=C(C)C)OCCC. The first-order chi connectivity index (χ1) is 6.07. The average molecular weight is 180 g/mol. The minimum atomic E-state index is 0.759. The van der Waals surface area contributed by atoms with Crippen LogP contribution in [0.4, 0.5) is 0 Å². The summed E-state index contributed by atoms with van der Waals surface area (Å²) in [4.78, 5) is 0. The summed E-state index contributed by atoms with van der Waals surface area (Å²) in [5.74, 6) is 0.892. The zero-order valence-corrected chi connectivity index (χ0v) is 9.18. The Balaban J connectivity index is 4.33. The average Bonchev–Trinajstić information content (AvgIpc) is 2.03. The highest BCUT2D eigenvalue weighted by Crippen LogP contribution is 2.09. The standard InChI is InChI=1S/C12H20O/c1-6-9-13-12(11(4)5)8-7-10(2)3/h7-8H,4,6,9H2,1-3,5H3/b12-8+. The monoisotopic (exact) mass is 180 g/mol. The maximum Gasteiger partial charge on any atom is 0.121 e. The second-order valence-electron chi connectivity index (χ2n) is 3.40. The molecule has 0 N–H and O–H groups in total. The Labute approximate surface area is 81.8 Å². The summed E-state index contributed by atoms with van der Waals surface area (Å²) in [6.45, 7) is 12.8. The normalized spacial score (nSPS) is 10.9. The third-order valence-corrected chi connectivity index (χ3v) is 1.45. The predicted octanol–water partition coefficient (Wildman–Crippen LogP) is 3.84. The third kappa shape index (κ3) is 6.21. The topological polar surface area (TPSA) is 9.23 Å². The van der Waals surface area contributed by atoms with Crippen molar-refractivity contribution in [3.8, 4) is 0 Å². The molecule has 0 spiro atoms. The molecule has 0 aliphatic rings. The van der Waals surface area contributed by atoms with Crippen LogP contribution in [0.5, 0.6) is 0 Å². The lowest BCUT2D eigenvalue weighted by Gasteiger charge is -2.07. The van der Waals surface area contributed by atoms with Crippen LogP contribution in [0, 0.1) is 0 Å². The fourth-order valence-electron chi connectivity index (χ4n) is 0.768. The van der Waals surface area contributed by atoms with E-state index in [1.807, 2.05) is 19.1 Å². The Bertz CT molecular complexity index is 217. The molecule has 0 aliphatic carbocycles. The summed E-state index contributed by atoms with van der Waals surface area (Å²) >= 11 is 0. The van der Waals surface area contributed by atoms with Gasteiger partial charge in [0, 0.05) is 0 Å². The van der Waals surface area contributed by atoms with Crippen molar-refractivity contribution in [1.82, 2.24) is 0 Å². The maximum atomic E-state index is 5.52. The van der Waals surface area contributed by atoms with E-state index in [-0.39, 0.29) is 0 Å². The molecule has 0 aromatic rings. The van der Waals surface area contributed by atoms with E-state index in [4.69, 9.17) is 4.74 Å². The molecule has 0 aliphatic heterocycles. The van der Waals surface area contributed by atoms with E-state index in [0.717, 1.165) is 24.4 Å². The van der Waals surface area contributed by atoms with Gasteiger partial charge in [0.15, 0.2) is 0 Å². The molecule has 0 rings (SSSR count). The van der Waals surface area contributed by atoms with Crippen molar-refractivity contribution in [3.05, 3.63) is 35.6 Å². The molecule has 0 saturated heterocycles. The molecule has 1 heteroatoms. The molecule has 0 heterocycles. The molecule has 0 aromatic carbocycles. The van der Waals surface area contributed by atoms with Gasteiger partial charge in [0.1, 0.15) is 5.76 Å². The fraction of sp³-hybridized carbons (Fsp3) is 0.500. The van der Waals surface area contributed by atoms with E-state index in [2.05, 4.69) is 27.4 Å². The summed E-state index contributed by atoms with van der Waals surface area (Å²) in [5.41, 5.74) is 2.24. The van der Waals surface area contributed by atoms with Crippen molar-refractivity contribution in [2.75, 3.05) is 6.61 Å². The molecule has 0 saturated carbocycles. The lowest BCUT2D eigenvalue weighted by atomic mass is 10.2. The first kappa shape index (κ1) is 12.0. The summed E-state index contributed by atoms with van der Waals surface area (Å²) in [6, 6.07) is 0. The highest BCUT2D eigenvalue weighted by atomic mass is 16.5. The zero-order valence-electron chi connectivity index (χ0n) is 9.18. The number of rotatable bonds is 5. The van der Waals surface area contributed by atoms with Crippen LogP contribution < -0.4 is 0 Å². The molecule has 0 radical (unpaired) electrons. The summed E-state index contributed by atoms with van der Waals surface area (Å²) in [7, 11) is 0. The zero-order chi connectivity index (χ0) is 10.3. The Hall–Kier alpha value is -0.980. The summed E-state index contributed by atoms with van der Waals surface area (Å²) < 4.78 is 5.52. The smallest absolute Gasteiger partial charge is 0.121 e. The largest absolute Gasteiger partial charge is 0.493 e. The Morgan fingerprint density at radius 3 is 2.23 bits per heavy atom. The number of hydrogen-bond donors (Lipinski definition) is 0. The van der Waals surface area contributed by atoms with Gasteiger partial charge in [-0.2, -0.15) is 0 Å². The molecular formula is C12H20O.